The Morgan fingerprint density at radius 3 is 2.46 bits per heavy atom. The number of fused-ring (bicyclic) bond motifs is 3. The first-order valence-electron chi connectivity index (χ1n) is 14.1. The lowest BCUT2D eigenvalue weighted by Crippen LogP contribution is -2.50. The lowest BCUT2D eigenvalue weighted by molar-refractivity contribution is -0.944. The first kappa shape index (κ1) is 28.3. The van der Waals surface area contributed by atoms with E-state index in [1.807, 2.05) is 30.3 Å². The van der Waals surface area contributed by atoms with Gasteiger partial charge in [-0.15, -0.1) is 6.58 Å². The zero-order valence-electron chi connectivity index (χ0n) is 23.5. The highest BCUT2D eigenvalue weighted by Gasteiger charge is 2.57. The van der Waals surface area contributed by atoms with Crippen LogP contribution in [0.5, 0.6) is 17.2 Å². The van der Waals surface area contributed by atoms with Crippen LogP contribution in [-0.4, -0.2) is 42.9 Å². The van der Waals surface area contributed by atoms with Gasteiger partial charge in [0.25, 0.3) is 0 Å². The highest BCUT2D eigenvalue weighted by Crippen LogP contribution is 2.49. The highest BCUT2D eigenvalue weighted by atomic mass is 79.9. The molecule has 2 aliphatic heterocycles. The number of piperidine rings is 1. The molecule has 0 amide bonds. The van der Waals surface area contributed by atoms with Crippen LogP contribution in [0.2, 0.25) is 0 Å². The molecule has 2 saturated heterocycles. The normalized spacial score (nSPS) is 23.2. The fraction of sp³-hybridized carbons (Fsp3) is 0.324. The molecule has 0 radical (unpaired) electrons. The van der Waals surface area contributed by atoms with Crippen molar-refractivity contribution in [3.05, 3.63) is 105 Å². The van der Waals surface area contributed by atoms with Gasteiger partial charge < -0.3 is 19.1 Å². The first-order chi connectivity index (χ1) is 19.8. The standard InChI is InChI=1S/C34H35Br2N2O3/c1-4-22-20-38(21-25-15-26(39)5-8-32(25)36)14-12-29(22)34(38)17-23-11-13-37(33-10-7-28(41-3)18-30(23)33)19-24-16-27(40-2)6-9-31(24)35/h4-11,13,15-16,18,22,29,34H,1,12,14,17,19-21H2,2-3H3/q+1/p+1. The number of halogens is 2. The van der Waals surface area contributed by atoms with Gasteiger partial charge in [0.1, 0.15) is 23.8 Å². The molecule has 5 nitrogen and oxygen atoms in total. The summed E-state index contributed by atoms with van der Waals surface area (Å²) in [4.78, 5) is 0. The van der Waals surface area contributed by atoms with E-state index in [0.29, 0.717) is 23.6 Å². The summed E-state index contributed by atoms with van der Waals surface area (Å²) in [6, 6.07) is 20.9. The first-order valence-corrected chi connectivity index (χ1v) is 15.7. The van der Waals surface area contributed by atoms with Crippen LogP contribution in [0.4, 0.5) is 0 Å². The van der Waals surface area contributed by atoms with Gasteiger partial charge in [-0.3, -0.25) is 0 Å². The molecule has 3 heterocycles. The fourth-order valence-electron chi connectivity index (χ4n) is 7.35. The number of ether oxygens (including phenoxy) is 2. The van der Waals surface area contributed by atoms with Gasteiger partial charge in [-0.05, 0) is 54.1 Å². The van der Waals surface area contributed by atoms with E-state index < -0.39 is 0 Å². The molecule has 212 valence electrons. The van der Waals surface area contributed by atoms with Gasteiger partial charge in [0.2, 0.25) is 5.52 Å². The second-order valence-electron chi connectivity index (χ2n) is 11.5. The number of phenols is 1. The number of hydrogen-bond acceptors (Lipinski definition) is 3. The predicted octanol–water partition coefficient (Wildman–Crippen LogP) is 7.19. The van der Waals surface area contributed by atoms with E-state index in [-0.39, 0.29) is 0 Å². The number of nitrogens with zero attached hydrogens (tertiary/aromatic N) is 2. The van der Waals surface area contributed by atoms with Gasteiger partial charge in [0.05, 0.1) is 38.7 Å². The molecular weight excluding hydrogens is 644 g/mol. The Kier molecular flexibility index (Phi) is 7.88. The molecule has 0 spiro atoms. The minimum atomic E-state index is 0.321. The summed E-state index contributed by atoms with van der Waals surface area (Å²) in [6.07, 6.45) is 6.60. The Hall–Kier alpha value is -2.87. The van der Waals surface area contributed by atoms with Crippen molar-refractivity contribution in [1.29, 1.82) is 0 Å². The van der Waals surface area contributed by atoms with E-state index in [1.165, 1.54) is 28.5 Å². The van der Waals surface area contributed by atoms with E-state index in [2.05, 4.69) is 79.5 Å². The van der Waals surface area contributed by atoms with E-state index in [0.717, 1.165) is 63.1 Å². The lowest BCUT2D eigenvalue weighted by atomic mass is 9.86. The number of pyridine rings is 1. The van der Waals surface area contributed by atoms with Crippen molar-refractivity contribution < 1.29 is 23.6 Å². The van der Waals surface area contributed by atoms with E-state index in [1.54, 1.807) is 20.3 Å². The smallest absolute Gasteiger partial charge is 0.213 e. The van der Waals surface area contributed by atoms with Gasteiger partial charge >= 0.3 is 0 Å². The molecule has 1 aromatic heterocycles. The SMILES string of the molecule is C=CC1C[N+]2(Cc3cc(O)ccc3Br)CCC1C2Cc1cc[n+](Cc2cc(OC)ccc2Br)c2ccc(OC)cc12. The molecule has 7 heteroatoms. The molecule has 3 aromatic carbocycles. The molecule has 0 aliphatic carbocycles. The van der Waals surface area contributed by atoms with Crippen molar-refractivity contribution in [3.63, 3.8) is 0 Å². The summed E-state index contributed by atoms with van der Waals surface area (Å²) in [5.74, 6) is 3.14. The molecule has 1 N–H and O–H groups in total. The maximum atomic E-state index is 10.3. The molecule has 2 aliphatic rings. The molecule has 4 atom stereocenters. The highest BCUT2D eigenvalue weighted by molar-refractivity contribution is 9.10. The van der Waals surface area contributed by atoms with Crippen molar-refractivity contribution in [2.45, 2.75) is 32.0 Å². The average molecular weight is 680 g/mol. The Morgan fingerprint density at radius 1 is 0.951 bits per heavy atom. The zero-order valence-corrected chi connectivity index (χ0v) is 26.7. The molecule has 4 aromatic rings. The molecule has 4 unspecified atom stereocenters. The van der Waals surface area contributed by atoms with Crippen molar-refractivity contribution in [2.24, 2.45) is 11.8 Å². The third-order valence-electron chi connectivity index (χ3n) is 9.38. The summed E-state index contributed by atoms with van der Waals surface area (Å²) in [5.41, 5.74) is 4.86. The quantitative estimate of drug-likeness (QED) is 0.116. The largest absolute Gasteiger partial charge is 0.508 e. The summed E-state index contributed by atoms with van der Waals surface area (Å²) in [5, 5.41) is 11.5. The molecule has 0 saturated carbocycles. The summed E-state index contributed by atoms with van der Waals surface area (Å²) >= 11 is 7.49. The molecule has 2 bridgehead atoms. The van der Waals surface area contributed by atoms with Crippen LogP contribution in [0.25, 0.3) is 10.9 Å². The third kappa shape index (κ3) is 5.28. The van der Waals surface area contributed by atoms with Crippen LogP contribution in [0.1, 0.15) is 23.1 Å². The summed E-state index contributed by atoms with van der Waals surface area (Å²) in [6.45, 7) is 8.09. The molecule has 6 rings (SSSR count). The van der Waals surface area contributed by atoms with Crippen LogP contribution in [-0.2, 0) is 19.5 Å². The Morgan fingerprint density at radius 2 is 1.68 bits per heavy atom. The lowest BCUT2D eigenvalue weighted by Gasteiger charge is -2.38. The maximum absolute atomic E-state index is 10.3. The average Bonchev–Trinajstić information content (AvgIpc) is 3.47. The van der Waals surface area contributed by atoms with Gasteiger partial charge in [0, 0.05) is 56.9 Å². The second-order valence-corrected chi connectivity index (χ2v) is 13.2. The number of aromatic nitrogens is 1. The van der Waals surface area contributed by atoms with Gasteiger partial charge in [-0.25, -0.2) is 0 Å². The van der Waals surface area contributed by atoms with Gasteiger partial charge in [-0.2, -0.15) is 4.57 Å². The summed E-state index contributed by atoms with van der Waals surface area (Å²) in [7, 11) is 3.43. The van der Waals surface area contributed by atoms with Crippen LogP contribution in [0.15, 0.2) is 88.5 Å². The summed E-state index contributed by atoms with van der Waals surface area (Å²) < 4.78 is 16.6. The Labute approximate surface area is 258 Å². The van der Waals surface area contributed by atoms with Gasteiger partial charge in [0.15, 0.2) is 12.7 Å². The molecule has 41 heavy (non-hydrogen) atoms. The monoisotopic (exact) mass is 678 g/mol. The third-order valence-corrected chi connectivity index (χ3v) is 10.9. The van der Waals surface area contributed by atoms with Crippen molar-refractivity contribution >= 4 is 42.8 Å². The topological polar surface area (TPSA) is 42.6 Å². The number of hydrogen-bond donors (Lipinski definition) is 1. The number of aromatic hydroxyl groups is 1. The minimum absolute atomic E-state index is 0.321. The number of rotatable bonds is 9. The second kappa shape index (κ2) is 11.4. The van der Waals surface area contributed by atoms with E-state index in [9.17, 15) is 5.11 Å². The van der Waals surface area contributed by atoms with Crippen LogP contribution >= 0.6 is 31.9 Å². The van der Waals surface area contributed by atoms with Crippen LogP contribution in [0.3, 0.4) is 0 Å². The fourth-order valence-corrected chi connectivity index (χ4v) is 8.10. The van der Waals surface area contributed by atoms with Crippen molar-refractivity contribution in [3.8, 4) is 17.2 Å². The Balaban J connectivity index is 1.39. The molecule has 2 fully saturated rings. The van der Waals surface area contributed by atoms with Crippen molar-refractivity contribution in [1.82, 2.24) is 0 Å². The van der Waals surface area contributed by atoms with Crippen LogP contribution in [0, 0.1) is 11.8 Å². The number of benzene rings is 3. The maximum Gasteiger partial charge on any atom is 0.213 e. The number of methoxy groups -OCH3 is 2. The number of phenolic OH excluding ortho intramolecular Hbond substituents is 1. The van der Waals surface area contributed by atoms with Crippen molar-refractivity contribution in [2.75, 3.05) is 27.3 Å². The van der Waals surface area contributed by atoms with E-state index in [4.69, 9.17) is 9.47 Å². The van der Waals surface area contributed by atoms with Gasteiger partial charge in [-0.1, -0.05) is 37.9 Å². The minimum Gasteiger partial charge on any atom is -0.508 e. The molecular formula is C34H36Br2N2O3+2. The number of quaternary nitrogens is 1. The van der Waals surface area contributed by atoms with Crippen LogP contribution < -0.4 is 14.0 Å². The van der Waals surface area contributed by atoms with E-state index >= 15 is 0 Å². The Bertz CT molecular complexity index is 1620. The zero-order chi connectivity index (χ0) is 28.7. The predicted molar refractivity (Wildman–Crippen MR) is 169 cm³/mol.